The Morgan fingerprint density at radius 1 is 1.55 bits per heavy atom. The molecule has 0 aromatic carbocycles. The number of ether oxygens (including phenoxy) is 2. The third-order valence-electron chi connectivity index (χ3n) is 4.75. The van der Waals surface area contributed by atoms with Gasteiger partial charge in [0, 0.05) is 37.9 Å². The first-order valence-electron chi connectivity index (χ1n) is 8.15. The van der Waals surface area contributed by atoms with Crippen molar-refractivity contribution in [3.05, 3.63) is 30.1 Å². The van der Waals surface area contributed by atoms with E-state index in [1.807, 2.05) is 24.0 Å². The van der Waals surface area contributed by atoms with Gasteiger partial charge in [-0.25, -0.2) is 0 Å². The molecule has 0 unspecified atom stereocenters. The Morgan fingerprint density at radius 2 is 2.45 bits per heavy atom. The minimum Gasteiger partial charge on any atom is -0.381 e. The van der Waals surface area contributed by atoms with Crippen molar-refractivity contribution in [2.45, 2.75) is 32.3 Å². The van der Waals surface area contributed by atoms with Crippen LogP contribution in [0, 0.1) is 5.41 Å². The molecule has 0 radical (unpaired) electrons. The van der Waals surface area contributed by atoms with Crippen LogP contribution in [0.2, 0.25) is 0 Å². The fourth-order valence-corrected chi connectivity index (χ4v) is 3.63. The Balaban J connectivity index is 1.76. The molecule has 1 aromatic rings. The van der Waals surface area contributed by atoms with Gasteiger partial charge in [-0.3, -0.25) is 9.78 Å². The average Bonchev–Trinajstić information content (AvgIpc) is 2.59. The number of amides is 1. The molecule has 1 aromatic heterocycles. The number of carbonyl (C=O) groups is 1. The van der Waals surface area contributed by atoms with Gasteiger partial charge in [0.2, 0.25) is 0 Å². The molecule has 2 atom stereocenters. The van der Waals surface area contributed by atoms with Crippen LogP contribution in [0.15, 0.2) is 24.4 Å². The number of nitrogens with zero attached hydrogens (tertiary/aromatic N) is 2. The van der Waals surface area contributed by atoms with Crippen molar-refractivity contribution in [3.63, 3.8) is 0 Å². The van der Waals surface area contributed by atoms with Crippen molar-refractivity contribution in [2.24, 2.45) is 5.41 Å². The number of likely N-dealkylation sites (tertiary alicyclic amines) is 1. The number of carbonyl (C=O) groups excluding carboxylic acids is 1. The Morgan fingerprint density at radius 3 is 3.23 bits per heavy atom. The lowest BCUT2D eigenvalue weighted by Gasteiger charge is -2.50. The van der Waals surface area contributed by atoms with E-state index < -0.39 is 0 Å². The van der Waals surface area contributed by atoms with Gasteiger partial charge in [0.05, 0.1) is 12.7 Å². The highest BCUT2D eigenvalue weighted by atomic mass is 16.5. The molecule has 5 nitrogen and oxygen atoms in total. The predicted octanol–water partition coefficient (Wildman–Crippen LogP) is 2.13. The van der Waals surface area contributed by atoms with E-state index in [-0.39, 0.29) is 17.4 Å². The maximum Gasteiger partial charge on any atom is 0.272 e. The molecule has 3 rings (SSSR count). The molecule has 0 bridgehead atoms. The summed E-state index contributed by atoms with van der Waals surface area (Å²) in [5, 5.41) is 0. The van der Waals surface area contributed by atoms with Gasteiger partial charge in [0.15, 0.2) is 0 Å². The second-order valence-corrected chi connectivity index (χ2v) is 6.19. The van der Waals surface area contributed by atoms with Crippen molar-refractivity contribution < 1.29 is 14.3 Å². The molecule has 0 saturated carbocycles. The van der Waals surface area contributed by atoms with Gasteiger partial charge >= 0.3 is 0 Å². The zero-order valence-electron chi connectivity index (χ0n) is 13.2. The predicted molar refractivity (Wildman–Crippen MR) is 82.7 cm³/mol. The zero-order chi connectivity index (χ0) is 15.4. The molecular formula is C17H24N2O3. The SMILES string of the molecule is CCOC[C@@]12CCCO[C@@H]1CCN(C(=O)c1ccccn1)C2. The summed E-state index contributed by atoms with van der Waals surface area (Å²) in [6, 6.07) is 5.46. The first-order valence-corrected chi connectivity index (χ1v) is 8.15. The van der Waals surface area contributed by atoms with E-state index in [4.69, 9.17) is 9.47 Å². The number of pyridine rings is 1. The van der Waals surface area contributed by atoms with Crippen molar-refractivity contribution >= 4 is 5.91 Å². The Labute approximate surface area is 131 Å². The molecule has 22 heavy (non-hydrogen) atoms. The number of aromatic nitrogens is 1. The summed E-state index contributed by atoms with van der Waals surface area (Å²) in [6.45, 7) is 5.63. The highest BCUT2D eigenvalue weighted by molar-refractivity contribution is 5.92. The van der Waals surface area contributed by atoms with E-state index >= 15 is 0 Å². The molecule has 1 amide bonds. The maximum absolute atomic E-state index is 12.7. The van der Waals surface area contributed by atoms with Crippen LogP contribution in [0.25, 0.3) is 0 Å². The second kappa shape index (κ2) is 6.75. The first kappa shape index (κ1) is 15.4. The molecule has 0 N–H and O–H groups in total. The second-order valence-electron chi connectivity index (χ2n) is 6.19. The molecule has 3 heterocycles. The average molecular weight is 304 g/mol. The van der Waals surface area contributed by atoms with Crippen molar-refractivity contribution in [3.8, 4) is 0 Å². The molecule has 2 aliphatic heterocycles. The molecule has 2 saturated heterocycles. The van der Waals surface area contributed by atoms with E-state index in [2.05, 4.69) is 4.98 Å². The molecule has 2 fully saturated rings. The van der Waals surface area contributed by atoms with Crippen LogP contribution >= 0.6 is 0 Å². The quantitative estimate of drug-likeness (QED) is 0.855. The highest BCUT2D eigenvalue weighted by Gasteiger charge is 2.47. The summed E-state index contributed by atoms with van der Waals surface area (Å²) in [5.41, 5.74) is 0.459. The van der Waals surface area contributed by atoms with Gasteiger partial charge in [-0.2, -0.15) is 0 Å². The molecular weight excluding hydrogens is 280 g/mol. The van der Waals surface area contributed by atoms with Gasteiger partial charge in [0.25, 0.3) is 5.91 Å². The topological polar surface area (TPSA) is 51.7 Å². The highest BCUT2D eigenvalue weighted by Crippen LogP contribution is 2.40. The summed E-state index contributed by atoms with van der Waals surface area (Å²) in [4.78, 5) is 18.8. The van der Waals surface area contributed by atoms with Crippen LogP contribution in [-0.4, -0.2) is 54.8 Å². The Bertz CT molecular complexity index is 508. The van der Waals surface area contributed by atoms with Crippen LogP contribution < -0.4 is 0 Å². The fourth-order valence-electron chi connectivity index (χ4n) is 3.63. The summed E-state index contributed by atoms with van der Waals surface area (Å²) >= 11 is 0. The maximum atomic E-state index is 12.7. The first-order chi connectivity index (χ1) is 10.7. The largest absolute Gasteiger partial charge is 0.381 e. The number of hydrogen-bond acceptors (Lipinski definition) is 4. The summed E-state index contributed by atoms with van der Waals surface area (Å²) < 4.78 is 11.7. The van der Waals surface area contributed by atoms with Crippen LogP contribution in [0.5, 0.6) is 0 Å². The van der Waals surface area contributed by atoms with Gasteiger partial charge in [0.1, 0.15) is 5.69 Å². The summed E-state index contributed by atoms with van der Waals surface area (Å²) in [5.74, 6) is 0.0143. The van der Waals surface area contributed by atoms with Crippen LogP contribution in [0.1, 0.15) is 36.7 Å². The van der Waals surface area contributed by atoms with Gasteiger partial charge in [-0.05, 0) is 38.3 Å². The van der Waals surface area contributed by atoms with Crippen molar-refractivity contribution in [1.29, 1.82) is 0 Å². The monoisotopic (exact) mass is 304 g/mol. The lowest BCUT2D eigenvalue weighted by molar-refractivity contribution is -0.146. The van der Waals surface area contributed by atoms with E-state index in [0.29, 0.717) is 25.5 Å². The van der Waals surface area contributed by atoms with E-state index in [9.17, 15) is 4.79 Å². The third kappa shape index (κ3) is 3.01. The molecule has 120 valence electrons. The van der Waals surface area contributed by atoms with E-state index in [0.717, 1.165) is 32.4 Å². The Hall–Kier alpha value is -1.46. The molecule has 0 spiro atoms. The standard InChI is InChI=1S/C17H24N2O3/c1-2-21-13-17-8-5-11-22-15(17)7-10-19(12-17)16(20)14-6-3-4-9-18-14/h3-4,6,9,15H,2,5,7-8,10-13H2,1H3/t15-,17+/m1/s1. The summed E-state index contributed by atoms with van der Waals surface area (Å²) in [6.07, 6.45) is 4.85. The van der Waals surface area contributed by atoms with Gasteiger partial charge in [-0.15, -0.1) is 0 Å². The molecule has 0 aliphatic carbocycles. The van der Waals surface area contributed by atoms with Crippen LogP contribution in [0.4, 0.5) is 0 Å². The minimum atomic E-state index is -0.0586. The van der Waals surface area contributed by atoms with Gasteiger partial charge < -0.3 is 14.4 Å². The molecule has 5 heteroatoms. The van der Waals surface area contributed by atoms with Gasteiger partial charge in [-0.1, -0.05) is 6.07 Å². The summed E-state index contributed by atoms with van der Waals surface area (Å²) in [7, 11) is 0. The molecule has 2 aliphatic rings. The van der Waals surface area contributed by atoms with Crippen molar-refractivity contribution in [2.75, 3.05) is 32.9 Å². The lowest BCUT2D eigenvalue weighted by atomic mass is 9.73. The fraction of sp³-hybridized carbons (Fsp3) is 0.647. The minimum absolute atomic E-state index is 0.0143. The number of hydrogen-bond donors (Lipinski definition) is 0. The van der Waals surface area contributed by atoms with Crippen molar-refractivity contribution in [1.82, 2.24) is 9.88 Å². The zero-order valence-corrected chi connectivity index (χ0v) is 13.2. The third-order valence-corrected chi connectivity index (χ3v) is 4.75. The lowest BCUT2D eigenvalue weighted by Crippen LogP contribution is -2.58. The number of fused-ring (bicyclic) bond motifs is 1. The van der Waals surface area contributed by atoms with E-state index in [1.54, 1.807) is 12.3 Å². The number of piperidine rings is 1. The smallest absolute Gasteiger partial charge is 0.272 e. The normalized spacial score (nSPS) is 28.2. The number of rotatable bonds is 4. The Kier molecular flexibility index (Phi) is 4.74. The van der Waals surface area contributed by atoms with Crippen LogP contribution in [0.3, 0.4) is 0 Å². The van der Waals surface area contributed by atoms with E-state index in [1.165, 1.54) is 0 Å². The van der Waals surface area contributed by atoms with Crippen LogP contribution in [-0.2, 0) is 9.47 Å².